The summed E-state index contributed by atoms with van der Waals surface area (Å²) in [7, 11) is 1.75. The van der Waals surface area contributed by atoms with Crippen LogP contribution >= 0.6 is 0 Å². The van der Waals surface area contributed by atoms with E-state index in [0.717, 1.165) is 44.4 Å². The molecule has 0 amide bonds. The molecule has 150 valence electrons. The first-order valence-corrected chi connectivity index (χ1v) is 10.2. The molecule has 1 aromatic rings. The largest absolute Gasteiger partial charge is 0.495 e. The summed E-state index contributed by atoms with van der Waals surface area (Å²) >= 11 is 0. The van der Waals surface area contributed by atoms with Crippen molar-refractivity contribution in [1.82, 2.24) is 10.2 Å². The second-order valence-electron chi connectivity index (χ2n) is 9.00. The number of hydrogen-bond acceptors (Lipinski definition) is 3. The fourth-order valence-electron chi connectivity index (χ4n) is 4.10. The van der Waals surface area contributed by atoms with Crippen LogP contribution in [0.5, 0.6) is 5.75 Å². The minimum Gasteiger partial charge on any atom is -0.495 e. The molecule has 0 spiro atoms. The number of benzene rings is 1. The van der Waals surface area contributed by atoms with E-state index in [0.29, 0.717) is 11.3 Å². The molecule has 2 saturated heterocycles. The Balaban J connectivity index is 1.64. The number of ether oxygens (including phenoxy) is 1. The summed E-state index contributed by atoms with van der Waals surface area (Å²) in [4.78, 5) is 9.89. The number of hydrogen-bond donors (Lipinski definition) is 1. The van der Waals surface area contributed by atoms with Crippen LogP contribution < -0.4 is 15.0 Å². The zero-order valence-corrected chi connectivity index (χ0v) is 17.9. The summed E-state index contributed by atoms with van der Waals surface area (Å²) in [6.45, 7) is 16.4. The monoisotopic (exact) mass is 372 g/mol. The smallest absolute Gasteiger partial charge is 0.194 e. The molecule has 3 rings (SSSR count). The van der Waals surface area contributed by atoms with Gasteiger partial charge >= 0.3 is 0 Å². The van der Waals surface area contributed by atoms with E-state index in [1.807, 2.05) is 12.1 Å². The standard InChI is InChI=1S/C22H36N4O/c1-7-23-20(26-16-21(2,3)22(26,4)5)24-14-17-12-13-25(15-17)18-10-8-9-11-19(18)27-6/h8-11,17H,7,12-16H2,1-6H3,(H,23,24). The van der Waals surface area contributed by atoms with Gasteiger partial charge in [-0.1, -0.05) is 26.0 Å². The van der Waals surface area contributed by atoms with Crippen molar-refractivity contribution >= 4 is 11.6 Å². The Labute approximate surface area is 164 Å². The number of anilines is 1. The third-order valence-corrected chi connectivity index (χ3v) is 6.69. The molecule has 0 bridgehead atoms. The van der Waals surface area contributed by atoms with Crippen LogP contribution in [0.1, 0.15) is 41.0 Å². The number of nitrogens with one attached hydrogen (secondary N) is 1. The molecule has 2 fully saturated rings. The number of aliphatic imine (C=N–C) groups is 1. The Morgan fingerprint density at radius 2 is 2.00 bits per heavy atom. The summed E-state index contributed by atoms with van der Waals surface area (Å²) < 4.78 is 5.53. The van der Waals surface area contributed by atoms with Gasteiger partial charge in [0.2, 0.25) is 0 Å². The van der Waals surface area contributed by atoms with Gasteiger partial charge < -0.3 is 19.9 Å². The minimum absolute atomic E-state index is 0.132. The normalized spacial score (nSPS) is 23.9. The molecule has 2 heterocycles. The molecule has 2 aliphatic rings. The Hall–Kier alpha value is -1.91. The van der Waals surface area contributed by atoms with E-state index in [2.05, 4.69) is 61.9 Å². The van der Waals surface area contributed by atoms with Gasteiger partial charge in [0.05, 0.1) is 12.8 Å². The van der Waals surface area contributed by atoms with Gasteiger partial charge in [-0.25, -0.2) is 0 Å². The van der Waals surface area contributed by atoms with Gasteiger partial charge in [0.1, 0.15) is 5.75 Å². The molecule has 5 heteroatoms. The van der Waals surface area contributed by atoms with Gasteiger partial charge in [-0.15, -0.1) is 0 Å². The van der Waals surface area contributed by atoms with Crippen molar-refractivity contribution in [1.29, 1.82) is 0 Å². The maximum absolute atomic E-state index is 5.53. The molecule has 2 aliphatic heterocycles. The molecule has 0 aliphatic carbocycles. The number of guanidine groups is 1. The number of likely N-dealkylation sites (tertiary alicyclic amines) is 1. The lowest BCUT2D eigenvalue weighted by atomic mass is 9.65. The molecule has 1 atom stereocenters. The first-order chi connectivity index (χ1) is 12.8. The van der Waals surface area contributed by atoms with Crippen LogP contribution in [0.2, 0.25) is 0 Å². The van der Waals surface area contributed by atoms with Gasteiger partial charge in [-0.2, -0.15) is 0 Å². The average molecular weight is 373 g/mol. The van der Waals surface area contributed by atoms with Gasteiger partial charge in [-0.05, 0) is 45.2 Å². The van der Waals surface area contributed by atoms with E-state index < -0.39 is 0 Å². The van der Waals surface area contributed by atoms with Crippen LogP contribution in [-0.2, 0) is 0 Å². The molecule has 1 N–H and O–H groups in total. The molecule has 5 nitrogen and oxygen atoms in total. The van der Waals surface area contributed by atoms with Crippen LogP contribution in [-0.4, -0.2) is 56.2 Å². The van der Waals surface area contributed by atoms with Crippen molar-refractivity contribution in [2.45, 2.75) is 46.6 Å². The van der Waals surface area contributed by atoms with E-state index in [-0.39, 0.29) is 5.54 Å². The number of methoxy groups -OCH3 is 1. The Morgan fingerprint density at radius 3 is 2.63 bits per heavy atom. The lowest BCUT2D eigenvalue weighted by molar-refractivity contribution is -0.0667. The molecule has 0 aromatic heterocycles. The molecule has 27 heavy (non-hydrogen) atoms. The van der Waals surface area contributed by atoms with Gasteiger partial charge in [-0.3, -0.25) is 4.99 Å². The van der Waals surface area contributed by atoms with Crippen LogP contribution in [0.4, 0.5) is 5.69 Å². The number of rotatable bonds is 5. The molecule has 0 saturated carbocycles. The number of nitrogens with zero attached hydrogens (tertiary/aromatic N) is 3. The predicted molar refractivity (Wildman–Crippen MR) is 114 cm³/mol. The summed E-state index contributed by atoms with van der Waals surface area (Å²) in [5.74, 6) is 2.61. The number of para-hydroxylation sites is 2. The van der Waals surface area contributed by atoms with Crippen molar-refractivity contribution in [3.63, 3.8) is 0 Å². The summed E-state index contributed by atoms with van der Waals surface area (Å²) in [5.41, 5.74) is 1.65. The van der Waals surface area contributed by atoms with Crippen LogP contribution in [0.25, 0.3) is 0 Å². The van der Waals surface area contributed by atoms with Gasteiger partial charge in [0.15, 0.2) is 5.96 Å². The SMILES string of the molecule is CCNC(=NCC1CCN(c2ccccc2OC)C1)N1CC(C)(C)C1(C)C. The highest BCUT2D eigenvalue weighted by molar-refractivity contribution is 5.82. The van der Waals surface area contributed by atoms with Crippen LogP contribution in [0.15, 0.2) is 29.3 Å². The zero-order valence-electron chi connectivity index (χ0n) is 17.9. The fraction of sp³-hybridized carbons (Fsp3) is 0.682. The first kappa shape index (κ1) is 19.8. The lowest BCUT2D eigenvalue weighted by Crippen LogP contribution is -2.72. The second kappa shape index (κ2) is 7.61. The zero-order chi connectivity index (χ0) is 19.7. The average Bonchev–Trinajstić information content (AvgIpc) is 3.12. The third-order valence-electron chi connectivity index (χ3n) is 6.69. The highest BCUT2D eigenvalue weighted by atomic mass is 16.5. The van der Waals surface area contributed by atoms with Crippen molar-refractivity contribution in [2.24, 2.45) is 16.3 Å². The van der Waals surface area contributed by atoms with E-state index in [1.54, 1.807) is 7.11 Å². The van der Waals surface area contributed by atoms with Gasteiger partial charge in [0, 0.05) is 43.7 Å². The molecule has 0 radical (unpaired) electrons. The van der Waals surface area contributed by atoms with Crippen LogP contribution in [0.3, 0.4) is 0 Å². The topological polar surface area (TPSA) is 40.1 Å². The van der Waals surface area contributed by atoms with E-state index in [4.69, 9.17) is 9.73 Å². The summed E-state index contributed by atoms with van der Waals surface area (Å²) in [6, 6.07) is 8.30. The maximum Gasteiger partial charge on any atom is 0.194 e. The maximum atomic E-state index is 5.53. The predicted octanol–water partition coefficient (Wildman–Crippen LogP) is 3.61. The highest BCUT2D eigenvalue weighted by Crippen LogP contribution is 2.46. The second-order valence-corrected chi connectivity index (χ2v) is 9.00. The third kappa shape index (κ3) is 3.74. The molecule has 1 unspecified atom stereocenters. The fourth-order valence-corrected chi connectivity index (χ4v) is 4.10. The van der Waals surface area contributed by atoms with Crippen molar-refractivity contribution < 1.29 is 4.74 Å². The summed E-state index contributed by atoms with van der Waals surface area (Å²) in [6.07, 6.45) is 1.18. The van der Waals surface area contributed by atoms with Crippen molar-refractivity contribution in [2.75, 3.05) is 44.7 Å². The van der Waals surface area contributed by atoms with E-state index in [9.17, 15) is 0 Å². The quantitative estimate of drug-likeness (QED) is 0.633. The van der Waals surface area contributed by atoms with Crippen molar-refractivity contribution in [3.8, 4) is 5.75 Å². The Bertz CT molecular complexity index is 683. The van der Waals surface area contributed by atoms with Gasteiger partial charge in [0.25, 0.3) is 0 Å². The molecular formula is C22H36N4O. The highest BCUT2D eigenvalue weighted by Gasteiger charge is 2.53. The van der Waals surface area contributed by atoms with Crippen molar-refractivity contribution in [3.05, 3.63) is 24.3 Å². The molecule has 1 aromatic carbocycles. The van der Waals surface area contributed by atoms with E-state index in [1.165, 1.54) is 12.1 Å². The Kier molecular flexibility index (Phi) is 5.59. The molecular weight excluding hydrogens is 336 g/mol. The minimum atomic E-state index is 0.132. The lowest BCUT2D eigenvalue weighted by Gasteiger charge is -2.62. The van der Waals surface area contributed by atoms with E-state index >= 15 is 0 Å². The summed E-state index contributed by atoms with van der Waals surface area (Å²) in [5, 5.41) is 3.51. The Morgan fingerprint density at radius 1 is 1.26 bits per heavy atom. The first-order valence-electron chi connectivity index (χ1n) is 10.2. The van der Waals surface area contributed by atoms with Crippen LogP contribution in [0, 0.1) is 11.3 Å².